The molecule has 0 saturated carbocycles. The van der Waals surface area contributed by atoms with Gasteiger partial charge in [0.05, 0.1) is 25.6 Å². The van der Waals surface area contributed by atoms with Crippen molar-refractivity contribution in [2.75, 3.05) is 31.2 Å². The molecule has 1 aliphatic heterocycles. The molecule has 414 valence electrons. The second-order valence-electron chi connectivity index (χ2n) is 17.1. The van der Waals surface area contributed by atoms with Gasteiger partial charge >= 0.3 is 10.2 Å². The minimum absolute atomic E-state index is 0.0177. The molecule has 0 atom stereocenters. The van der Waals surface area contributed by atoms with E-state index in [4.69, 9.17) is 42.6 Å². The largest absolute Gasteiger partial charge is 0.495 e. The summed E-state index contributed by atoms with van der Waals surface area (Å²) in [6.07, 6.45) is 3.78. The van der Waals surface area contributed by atoms with E-state index in [1.165, 1.54) is 108 Å². The van der Waals surface area contributed by atoms with E-state index < -0.39 is 60.2 Å². The van der Waals surface area contributed by atoms with Crippen molar-refractivity contribution in [2.24, 2.45) is 0 Å². The minimum Gasteiger partial charge on any atom is -0.495 e. The summed E-state index contributed by atoms with van der Waals surface area (Å²) < 4.78 is 136. The van der Waals surface area contributed by atoms with Crippen molar-refractivity contribution in [1.29, 1.82) is 0 Å². The van der Waals surface area contributed by atoms with Gasteiger partial charge in [0.25, 0.3) is 11.1 Å². The number of methoxy groups -OCH3 is 2. The highest BCUT2D eigenvalue weighted by atomic mass is 36.0. The summed E-state index contributed by atoms with van der Waals surface area (Å²) in [5.74, 6) is -3.40. The Morgan fingerprint density at radius 3 is 1.57 bits per heavy atom. The van der Waals surface area contributed by atoms with Crippen LogP contribution in [0.4, 0.5) is 38.0 Å². The number of fused-ring (bicyclic) bond motifs is 2. The predicted octanol–water partition coefficient (Wildman–Crippen LogP) is 11.9. The fourth-order valence-electron chi connectivity index (χ4n) is 8.70. The summed E-state index contributed by atoms with van der Waals surface area (Å²) >= 11 is 11.9. The van der Waals surface area contributed by atoms with Crippen molar-refractivity contribution < 1.29 is 48.4 Å². The molecule has 26 heteroatoms. The van der Waals surface area contributed by atoms with Crippen LogP contribution in [0, 0.1) is 35.2 Å². The number of nitrogen functional groups attached to an aromatic ring is 1. The highest BCUT2D eigenvalue weighted by molar-refractivity contribution is 8.26. The molecular weight excluding hydrogens is 1170 g/mol. The van der Waals surface area contributed by atoms with Gasteiger partial charge in [0.1, 0.15) is 46.4 Å². The second kappa shape index (κ2) is 26.4. The number of nitrogens with one attached hydrogen (secondary N) is 1. The molecule has 0 radical (unpaired) electrons. The SMILES string of the molecule is COc1cc(-c2cc(F)cc(Cl)c2)c(F)cc1-n1c2c(ccc1=O)CCCC2.COc1cc(-c2cc(F)cc(Cl)c2)c(F)cc1-n1c2c(ccc1=O)CN(S(=O)(=O)Nc1cccc(F)n1)CC2.Nc1cccc(F)n1.O=S(Cl)Cl. The molecule has 2 aliphatic rings. The smallest absolute Gasteiger partial charge is 0.303 e. The summed E-state index contributed by atoms with van der Waals surface area (Å²) in [6, 6.07) is 26.8. The van der Waals surface area contributed by atoms with Crippen molar-refractivity contribution in [2.45, 2.75) is 38.6 Å². The van der Waals surface area contributed by atoms with Crippen molar-refractivity contribution in [1.82, 2.24) is 23.4 Å². The first-order chi connectivity index (χ1) is 37.5. The Morgan fingerprint density at radius 1 is 0.620 bits per heavy atom. The van der Waals surface area contributed by atoms with Crippen LogP contribution < -0.4 is 31.0 Å². The van der Waals surface area contributed by atoms with Crippen molar-refractivity contribution in [3.05, 3.63) is 210 Å². The lowest BCUT2D eigenvalue weighted by Gasteiger charge is -2.30. The van der Waals surface area contributed by atoms with Crippen LogP contribution >= 0.6 is 44.6 Å². The summed E-state index contributed by atoms with van der Waals surface area (Å²) in [7, 11) is 6.06. The van der Waals surface area contributed by atoms with Crippen molar-refractivity contribution in [3.63, 3.8) is 0 Å². The number of ether oxygens (including phenoxy) is 2. The topological polar surface area (TPSA) is 181 Å². The van der Waals surface area contributed by atoms with Crippen LogP contribution in [-0.2, 0) is 45.2 Å². The molecule has 8 aromatic rings. The van der Waals surface area contributed by atoms with E-state index in [0.717, 1.165) is 71.6 Å². The standard InChI is InChI=1S/C26H20ClF3N4O4S.C22H18ClF2NO2.C5H5FN2.Cl2OS/c1-38-23-12-19(16-9-17(27)11-18(28)10-16)20(29)13-22(23)34-21-7-8-33(14-15(21)5-6-26(34)35)39(36,37)32-25-4-2-3-24(30)31-25;1-28-21-11-17(14-8-15(23)10-16(24)9-14)18(25)12-20(21)26-19-5-3-2-4-13(19)6-7-22(26)27;6-4-2-1-3-5(7)8-4;1-4(2)3/h2-6,9-13H,7-8,14H2,1H3,(H,31,32);6-12H,2-5H2,1H3;1-3H,(H2,7,8);. The number of hydrogen-bond acceptors (Lipinski definition) is 10. The monoisotopic (exact) mass is 1210 g/mol. The van der Waals surface area contributed by atoms with Crippen LogP contribution in [0.5, 0.6) is 11.5 Å². The Kier molecular flexibility index (Phi) is 19.9. The van der Waals surface area contributed by atoms with Gasteiger partial charge in [0.2, 0.25) is 21.1 Å². The maximum absolute atomic E-state index is 15.4. The molecular formula is C53H43Cl4F6N7O7S2. The first-order valence-corrected chi connectivity index (χ1v) is 28.2. The molecule has 1 aliphatic carbocycles. The zero-order chi connectivity index (χ0) is 57.3. The van der Waals surface area contributed by atoms with Gasteiger partial charge < -0.3 is 15.2 Å². The van der Waals surface area contributed by atoms with Gasteiger partial charge in [-0.15, -0.1) is 0 Å². The maximum atomic E-state index is 15.4. The molecule has 5 heterocycles. The van der Waals surface area contributed by atoms with Gasteiger partial charge in [-0.25, -0.2) is 31.7 Å². The quantitative estimate of drug-likeness (QED) is 0.0802. The predicted molar refractivity (Wildman–Crippen MR) is 294 cm³/mol. The molecule has 79 heavy (non-hydrogen) atoms. The number of aromatic nitrogens is 4. The maximum Gasteiger partial charge on any atom is 0.303 e. The lowest BCUT2D eigenvalue weighted by atomic mass is 9.95. The van der Waals surface area contributed by atoms with E-state index in [9.17, 15) is 35.6 Å². The van der Waals surface area contributed by atoms with Crippen molar-refractivity contribution in [3.8, 4) is 45.1 Å². The third-order valence-corrected chi connectivity index (χ3v) is 13.9. The molecule has 0 fully saturated rings. The zero-order valence-corrected chi connectivity index (χ0v) is 45.9. The Balaban J connectivity index is 0.000000195. The summed E-state index contributed by atoms with van der Waals surface area (Å²) in [5.41, 5.74) is 8.44. The van der Waals surface area contributed by atoms with Crippen LogP contribution in [0.2, 0.25) is 10.0 Å². The van der Waals surface area contributed by atoms with Crippen LogP contribution in [0.25, 0.3) is 33.6 Å². The minimum atomic E-state index is -4.11. The number of anilines is 2. The van der Waals surface area contributed by atoms with Gasteiger partial charge in [-0.3, -0.25) is 23.4 Å². The number of pyridine rings is 4. The molecule has 3 N–H and O–H groups in total. The van der Waals surface area contributed by atoms with Crippen LogP contribution in [-0.4, -0.2) is 56.8 Å². The fraction of sp³-hybridized carbons (Fsp3) is 0.170. The molecule has 4 aromatic carbocycles. The number of benzene rings is 4. The highest BCUT2D eigenvalue weighted by Gasteiger charge is 2.30. The average Bonchev–Trinajstić information content (AvgIpc) is 3.44. The number of hydrogen-bond donors (Lipinski definition) is 2. The van der Waals surface area contributed by atoms with E-state index in [0.29, 0.717) is 28.3 Å². The Bertz CT molecular complexity index is 3780. The number of rotatable bonds is 9. The third-order valence-electron chi connectivity index (χ3n) is 12.0. The van der Waals surface area contributed by atoms with E-state index in [1.54, 1.807) is 0 Å². The van der Waals surface area contributed by atoms with Gasteiger partial charge in [-0.2, -0.15) is 21.5 Å². The Hall–Kier alpha value is -6.92. The third kappa shape index (κ3) is 15.1. The number of halogens is 10. The normalized spacial score (nSPS) is 12.8. The van der Waals surface area contributed by atoms with E-state index in [1.807, 2.05) is 6.07 Å². The van der Waals surface area contributed by atoms with E-state index in [-0.39, 0.29) is 74.9 Å². The van der Waals surface area contributed by atoms with Gasteiger partial charge in [0.15, 0.2) is 0 Å². The lowest BCUT2D eigenvalue weighted by Crippen LogP contribution is -2.41. The molecule has 0 amide bonds. The zero-order valence-electron chi connectivity index (χ0n) is 41.3. The van der Waals surface area contributed by atoms with Crippen LogP contribution in [0.3, 0.4) is 0 Å². The molecule has 0 saturated heterocycles. The van der Waals surface area contributed by atoms with Gasteiger partial charge in [-0.1, -0.05) is 47.5 Å². The number of aryl methyl sites for hydroxylation is 1. The highest BCUT2D eigenvalue weighted by Crippen LogP contribution is 2.37. The van der Waals surface area contributed by atoms with E-state index in [2.05, 4.69) is 36.1 Å². The molecule has 0 bridgehead atoms. The van der Waals surface area contributed by atoms with Crippen LogP contribution in [0.15, 0.2) is 131 Å². The average molecular weight is 1210 g/mol. The molecule has 14 nitrogen and oxygen atoms in total. The first-order valence-electron chi connectivity index (χ1n) is 23.2. The Labute approximate surface area is 469 Å². The second-order valence-corrected chi connectivity index (χ2v) is 22.2. The van der Waals surface area contributed by atoms with E-state index >= 15 is 8.78 Å². The van der Waals surface area contributed by atoms with Gasteiger partial charge in [0, 0.05) is 97.7 Å². The summed E-state index contributed by atoms with van der Waals surface area (Å²) in [6.45, 7) is -0.128. The number of nitrogens with two attached hydrogens (primary N) is 1. The van der Waals surface area contributed by atoms with Crippen molar-refractivity contribution >= 4 is 75.6 Å². The van der Waals surface area contributed by atoms with Crippen LogP contribution in [0.1, 0.15) is 35.4 Å². The summed E-state index contributed by atoms with van der Waals surface area (Å²) in [4.78, 5) is 32.4. The number of nitrogens with zero attached hydrogens (tertiary/aromatic N) is 5. The molecule has 0 unspecified atom stereocenters. The molecule has 4 aromatic heterocycles. The fourth-order valence-corrected chi connectivity index (χ4v) is 10.3. The lowest BCUT2D eigenvalue weighted by molar-refractivity contribution is 0.385. The molecule has 0 spiro atoms. The summed E-state index contributed by atoms with van der Waals surface area (Å²) in [5, 5.41) is 0.258. The molecule has 10 rings (SSSR count). The first kappa shape index (κ1) is 59.7. The van der Waals surface area contributed by atoms with Gasteiger partial charge in [-0.05, 0) is 121 Å². The Morgan fingerprint density at radius 2 is 1.10 bits per heavy atom.